The van der Waals surface area contributed by atoms with Crippen LogP contribution in [0.3, 0.4) is 0 Å². The molecule has 0 spiro atoms. The van der Waals surface area contributed by atoms with E-state index in [4.69, 9.17) is 5.73 Å². The minimum Gasteiger partial charge on any atom is -0.369 e. The first-order valence-electron chi connectivity index (χ1n) is 7.00. The molecule has 2 unspecified atom stereocenters. The fourth-order valence-electron chi connectivity index (χ4n) is 2.56. The lowest BCUT2D eigenvalue weighted by Crippen LogP contribution is -2.38. The van der Waals surface area contributed by atoms with E-state index in [1.807, 2.05) is 24.8 Å². The molecule has 1 fully saturated rings. The molecular formula is C15H23FN2S. The van der Waals surface area contributed by atoms with Crippen molar-refractivity contribution in [3.8, 4) is 0 Å². The van der Waals surface area contributed by atoms with Crippen LogP contribution in [0.5, 0.6) is 0 Å². The minimum absolute atomic E-state index is 0.0571. The molecule has 2 rings (SSSR count). The predicted molar refractivity (Wildman–Crippen MR) is 82.5 cm³/mol. The van der Waals surface area contributed by atoms with Crippen molar-refractivity contribution in [2.24, 2.45) is 5.73 Å². The summed E-state index contributed by atoms with van der Waals surface area (Å²) < 4.78 is 13.4. The highest BCUT2D eigenvalue weighted by atomic mass is 32.2. The number of halogens is 1. The summed E-state index contributed by atoms with van der Waals surface area (Å²) in [7, 11) is 0. The maximum absolute atomic E-state index is 13.4. The van der Waals surface area contributed by atoms with Crippen LogP contribution >= 0.6 is 11.8 Å². The molecule has 2 nitrogen and oxygen atoms in total. The Balaban J connectivity index is 2.22. The van der Waals surface area contributed by atoms with Crippen molar-refractivity contribution >= 4 is 17.4 Å². The summed E-state index contributed by atoms with van der Waals surface area (Å²) in [6, 6.07) is 5.17. The van der Waals surface area contributed by atoms with E-state index in [9.17, 15) is 4.39 Å². The highest BCUT2D eigenvalue weighted by Crippen LogP contribution is 2.29. The molecule has 1 aliphatic heterocycles. The molecule has 0 saturated carbocycles. The first-order valence-corrected chi connectivity index (χ1v) is 8.05. The molecule has 1 heterocycles. The van der Waals surface area contributed by atoms with Crippen LogP contribution in [0.25, 0.3) is 0 Å². The van der Waals surface area contributed by atoms with Gasteiger partial charge >= 0.3 is 0 Å². The largest absolute Gasteiger partial charge is 0.369 e. The Morgan fingerprint density at radius 2 is 2.32 bits per heavy atom. The summed E-state index contributed by atoms with van der Waals surface area (Å²) in [5.41, 5.74) is 8.08. The summed E-state index contributed by atoms with van der Waals surface area (Å²) in [5.74, 6) is 0.978. The molecule has 19 heavy (non-hydrogen) atoms. The summed E-state index contributed by atoms with van der Waals surface area (Å²) in [6.45, 7) is 6.29. The van der Waals surface area contributed by atoms with E-state index in [0.717, 1.165) is 36.5 Å². The van der Waals surface area contributed by atoms with Crippen molar-refractivity contribution < 1.29 is 4.39 Å². The molecule has 0 amide bonds. The third-order valence-corrected chi connectivity index (χ3v) is 4.89. The lowest BCUT2D eigenvalue weighted by Gasteiger charge is -2.35. The number of nitrogens with zero attached hydrogens (tertiary/aromatic N) is 1. The molecule has 0 bridgehead atoms. The number of thioether (sulfide) groups is 1. The second kappa shape index (κ2) is 6.62. The van der Waals surface area contributed by atoms with Crippen LogP contribution in [0.1, 0.15) is 25.8 Å². The van der Waals surface area contributed by atoms with Crippen molar-refractivity contribution in [1.82, 2.24) is 0 Å². The molecule has 1 aliphatic rings. The Hall–Kier alpha value is -0.740. The molecule has 0 aliphatic carbocycles. The Morgan fingerprint density at radius 1 is 1.53 bits per heavy atom. The van der Waals surface area contributed by atoms with E-state index in [2.05, 4.69) is 11.8 Å². The summed E-state index contributed by atoms with van der Waals surface area (Å²) >= 11 is 2.04. The monoisotopic (exact) mass is 282 g/mol. The van der Waals surface area contributed by atoms with Gasteiger partial charge in [0, 0.05) is 35.8 Å². The Labute approximate surface area is 119 Å². The molecule has 4 heteroatoms. The second-order valence-electron chi connectivity index (χ2n) is 5.30. The van der Waals surface area contributed by atoms with Gasteiger partial charge in [-0.2, -0.15) is 11.8 Å². The SMILES string of the molecule is CCC1CN(c2ccc(F)cc2CC(C)N)CCS1. The highest BCUT2D eigenvalue weighted by molar-refractivity contribution is 8.00. The molecule has 106 valence electrons. The van der Waals surface area contributed by atoms with Crippen molar-refractivity contribution in [2.45, 2.75) is 38.0 Å². The maximum atomic E-state index is 13.4. The molecule has 0 aromatic heterocycles. The van der Waals surface area contributed by atoms with Gasteiger partial charge in [-0.15, -0.1) is 0 Å². The minimum atomic E-state index is -0.169. The van der Waals surface area contributed by atoms with Gasteiger partial charge in [-0.25, -0.2) is 4.39 Å². The number of hydrogen-bond donors (Lipinski definition) is 1. The van der Waals surface area contributed by atoms with Gasteiger partial charge in [-0.1, -0.05) is 6.92 Å². The number of anilines is 1. The third kappa shape index (κ3) is 3.86. The third-order valence-electron chi connectivity index (χ3n) is 3.52. The average Bonchev–Trinajstić information content (AvgIpc) is 2.38. The Kier molecular flexibility index (Phi) is 5.11. The van der Waals surface area contributed by atoms with Crippen LogP contribution in [-0.4, -0.2) is 30.1 Å². The normalized spacial score (nSPS) is 21.5. The van der Waals surface area contributed by atoms with E-state index >= 15 is 0 Å². The van der Waals surface area contributed by atoms with Crippen LogP contribution in [-0.2, 0) is 6.42 Å². The molecule has 2 atom stereocenters. The van der Waals surface area contributed by atoms with Crippen molar-refractivity contribution in [2.75, 3.05) is 23.7 Å². The van der Waals surface area contributed by atoms with Crippen molar-refractivity contribution in [3.63, 3.8) is 0 Å². The van der Waals surface area contributed by atoms with Gasteiger partial charge in [0.05, 0.1) is 0 Å². The highest BCUT2D eigenvalue weighted by Gasteiger charge is 2.21. The van der Waals surface area contributed by atoms with Crippen molar-refractivity contribution in [1.29, 1.82) is 0 Å². The fraction of sp³-hybridized carbons (Fsp3) is 0.600. The van der Waals surface area contributed by atoms with E-state index < -0.39 is 0 Å². The summed E-state index contributed by atoms with van der Waals surface area (Å²) in [5, 5.41) is 0.682. The zero-order valence-electron chi connectivity index (χ0n) is 11.7. The topological polar surface area (TPSA) is 29.3 Å². The Morgan fingerprint density at radius 3 is 3.00 bits per heavy atom. The molecule has 1 saturated heterocycles. The van der Waals surface area contributed by atoms with E-state index in [-0.39, 0.29) is 11.9 Å². The molecule has 2 N–H and O–H groups in total. The van der Waals surface area contributed by atoms with Gasteiger partial charge in [0.15, 0.2) is 0 Å². The van der Waals surface area contributed by atoms with Gasteiger partial charge in [0.2, 0.25) is 0 Å². The zero-order valence-corrected chi connectivity index (χ0v) is 12.5. The van der Waals surface area contributed by atoms with E-state index in [1.165, 1.54) is 6.42 Å². The second-order valence-corrected chi connectivity index (χ2v) is 6.71. The van der Waals surface area contributed by atoms with Crippen LogP contribution in [0.2, 0.25) is 0 Å². The van der Waals surface area contributed by atoms with E-state index in [1.54, 1.807) is 12.1 Å². The molecular weight excluding hydrogens is 259 g/mol. The summed E-state index contributed by atoms with van der Waals surface area (Å²) in [4.78, 5) is 2.39. The molecule has 1 aromatic carbocycles. The number of benzene rings is 1. The van der Waals surface area contributed by atoms with Gasteiger partial charge in [-0.3, -0.25) is 0 Å². The van der Waals surface area contributed by atoms with Crippen LogP contribution in [0.4, 0.5) is 10.1 Å². The van der Waals surface area contributed by atoms with Crippen LogP contribution < -0.4 is 10.6 Å². The molecule has 1 aromatic rings. The standard InChI is InChI=1S/C15H23FN2S/c1-3-14-10-18(6-7-19-14)15-5-4-13(16)9-12(15)8-11(2)17/h4-5,9,11,14H,3,6-8,10,17H2,1-2H3. The fourth-order valence-corrected chi connectivity index (χ4v) is 3.74. The Bertz CT molecular complexity index is 423. The smallest absolute Gasteiger partial charge is 0.123 e. The van der Waals surface area contributed by atoms with Crippen LogP contribution in [0.15, 0.2) is 18.2 Å². The first kappa shape index (κ1) is 14.7. The quantitative estimate of drug-likeness (QED) is 0.920. The average molecular weight is 282 g/mol. The lowest BCUT2D eigenvalue weighted by molar-refractivity contribution is 0.621. The van der Waals surface area contributed by atoms with Crippen molar-refractivity contribution in [3.05, 3.63) is 29.6 Å². The predicted octanol–water partition coefficient (Wildman–Crippen LogP) is 3.05. The lowest BCUT2D eigenvalue weighted by atomic mass is 10.0. The van der Waals surface area contributed by atoms with Crippen LogP contribution in [0, 0.1) is 5.82 Å². The molecule has 0 radical (unpaired) electrons. The van der Waals surface area contributed by atoms with Gasteiger partial charge in [0.25, 0.3) is 0 Å². The first-order chi connectivity index (χ1) is 9.10. The number of rotatable bonds is 4. The summed E-state index contributed by atoms with van der Waals surface area (Å²) in [6.07, 6.45) is 1.92. The van der Waals surface area contributed by atoms with Gasteiger partial charge in [0.1, 0.15) is 5.82 Å². The maximum Gasteiger partial charge on any atom is 0.123 e. The van der Waals surface area contributed by atoms with E-state index in [0.29, 0.717) is 5.25 Å². The van der Waals surface area contributed by atoms with Gasteiger partial charge in [-0.05, 0) is 43.5 Å². The number of nitrogens with two attached hydrogens (primary N) is 1. The van der Waals surface area contributed by atoms with Gasteiger partial charge < -0.3 is 10.6 Å². The number of hydrogen-bond acceptors (Lipinski definition) is 3. The zero-order chi connectivity index (χ0) is 13.8.